The van der Waals surface area contributed by atoms with E-state index in [4.69, 9.17) is 4.74 Å². The van der Waals surface area contributed by atoms with Crippen molar-refractivity contribution in [3.05, 3.63) is 23.8 Å². The molecule has 0 aliphatic rings. The monoisotopic (exact) mass is 231 g/mol. The molecule has 0 saturated carbocycles. The normalized spacial score (nSPS) is 11.1. The summed E-state index contributed by atoms with van der Waals surface area (Å²) < 4.78 is 29.1. The summed E-state index contributed by atoms with van der Waals surface area (Å²) >= 11 is 0. The molecule has 0 saturated heterocycles. The van der Waals surface area contributed by atoms with E-state index in [0.29, 0.717) is 11.3 Å². The molecule has 0 spiro atoms. The molecule has 0 radical (unpaired) electrons. The van der Waals surface area contributed by atoms with Crippen molar-refractivity contribution < 1.29 is 18.6 Å². The lowest BCUT2D eigenvalue weighted by Crippen LogP contribution is -2.24. The first kappa shape index (κ1) is 12.7. The molecule has 0 aromatic heterocycles. The Morgan fingerprint density at radius 1 is 1.44 bits per heavy atom. The number of alkyl halides is 2. The van der Waals surface area contributed by atoms with Crippen LogP contribution in [0.2, 0.25) is 0 Å². The second-order valence-corrected chi connectivity index (χ2v) is 3.56. The van der Waals surface area contributed by atoms with Gasteiger partial charge in [0.1, 0.15) is 0 Å². The van der Waals surface area contributed by atoms with Gasteiger partial charge >= 0.3 is 0 Å². The maximum atomic E-state index is 12.1. The van der Waals surface area contributed by atoms with Gasteiger partial charge in [0.2, 0.25) is 0 Å². The lowest BCUT2D eigenvalue weighted by Gasteiger charge is -2.17. The van der Waals surface area contributed by atoms with E-state index in [2.05, 4.69) is 0 Å². The highest BCUT2D eigenvalue weighted by atomic mass is 19.3. The zero-order chi connectivity index (χ0) is 12.1. The number of hydrogen-bond acceptors (Lipinski definition) is 3. The molecular weight excluding hydrogens is 216 g/mol. The molecule has 0 unspecified atom stereocenters. The number of methoxy groups -OCH3 is 1. The highest BCUT2D eigenvalue weighted by Crippen LogP contribution is 2.29. The molecule has 0 aliphatic heterocycles. The average molecular weight is 231 g/mol. The SMILES string of the molecule is COc1cccc(CN(C)CC(F)F)c1O. The second-order valence-electron chi connectivity index (χ2n) is 3.56. The summed E-state index contributed by atoms with van der Waals surface area (Å²) in [6, 6.07) is 5.01. The molecule has 0 bridgehead atoms. The van der Waals surface area contributed by atoms with Gasteiger partial charge in [0, 0.05) is 12.1 Å². The van der Waals surface area contributed by atoms with Crippen LogP contribution < -0.4 is 4.74 Å². The lowest BCUT2D eigenvalue weighted by atomic mass is 10.2. The summed E-state index contributed by atoms with van der Waals surface area (Å²) in [6.07, 6.45) is -2.38. The van der Waals surface area contributed by atoms with Crippen molar-refractivity contribution in [2.24, 2.45) is 0 Å². The van der Waals surface area contributed by atoms with Crippen LogP contribution >= 0.6 is 0 Å². The van der Waals surface area contributed by atoms with Gasteiger partial charge in [-0.05, 0) is 13.1 Å². The van der Waals surface area contributed by atoms with Crippen LogP contribution in [0.1, 0.15) is 5.56 Å². The molecule has 1 rings (SSSR count). The van der Waals surface area contributed by atoms with Crippen molar-refractivity contribution in [1.29, 1.82) is 0 Å². The Bertz CT molecular complexity index is 345. The molecule has 0 fully saturated rings. The van der Waals surface area contributed by atoms with E-state index < -0.39 is 6.43 Å². The first-order valence-electron chi connectivity index (χ1n) is 4.86. The number of rotatable bonds is 5. The van der Waals surface area contributed by atoms with Crippen LogP contribution in [0.25, 0.3) is 0 Å². The molecule has 0 amide bonds. The van der Waals surface area contributed by atoms with Gasteiger partial charge in [0.25, 0.3) is 6.43 Å². The molecule has 0 heterocycles. The number of halogens is 2. The zero-order valence-electron chi connectivity index (χ0n) is 9.28. The topological polar surface area (TPSA) is 32.7 Å². The predicted octanol–water partition coefficient (Wildman–Crippen LogP) is 2.10. The van der Waals surface area contributed by atoms with E-state index in [1.807, 2.05) is 0 Å². The van der Waals surface area contributed by atoms with Gasteiger partial charge in [-0.15, -0.1) is 0 Å². The van der Waals surface area contributed by atoms with Crippen LogP contribution in [-0.4, -0.2) is 37.1 Å². The largest absolute Gasteiger partial charge is 0.504 e. The number of phenols is 1. The third-order valence-corrected chi connectivity index (χ3v) is 2.19. The number of ether oxygens (including phenoxy) is 1. The minimum absolute atomic E-state index is 0.00566. The van der Waals surface area contributed by atoms with Gasteiger partial charge in [-0.25, -0.2) is 8.78 Å². The van der Waals surface area contributed by atoms with Gasteiger partial charge in [0.05, 0.1) is 13.7 Å². The second kappa shape index (κ2) is 5.65. The summed E-state index contributed by atoms with van der Waals surface area (Å²) in [5.74, 6) is 0.356. The van der Waals surface area contributed by atoms with Crippen molar-refractivity contribution in [3.63, 3.8) is 0 Å². The summed E-state index contributed by atoms with van der Waals surface area (Å²) in [7, 11) is 3.02. The number of para-hydroxylation sites is 1. The molecule has 0 atom stereocenters. The van der Waals surface area contributed by atoms with Crippen LogP contribution in [-0.2, 0) is 6.54 Å². The fourth-order valence-electron chi connectivity index (χ4n) is 1.45. The van der Waals surface area contributed by atoms with Crippen LogP contribution in [0.3, 0.4) is 0 Å². The van der Waals surface area contributed by atoms with Crippen LogP contribution in [0, 0.1) is 0 Å². The Balaban J connectivity index is 2.73. The van der Waals surface area contributed by atoms with Crippen LogP contribution in [0.5, 0.6) is 11.5 Å². The van der Waals surface area contributed by atoms with Crippen LogP contribution in [0.15, 0.2) is 18.2 Å². The molecule has 1 aromatic rings. The highest BCUT2D eigenvalue weighted by Gasteiger charge is 2.12. The maximum absolute atomic E-state index is 12.1. The van der Waals surface area contributed by atoms with Gasteiger partial charge in [-0.2, -0.15) is 0 Å². The van der Waals surface area contributed by atoms with Gasteiger partial charge < -0.3 is 9.84 Å². The third kappa shape index (κ3) is 3.34. The zero-order valence-corrected chi connectivity index (χ0v) is 9.28. The molecule has 3 nitrogen and oxygen atoms in total. The Labute approximate surface area is 93.3 Å². The van der Waals surface area contributed by atoms with E-state index in [1.165, 1.54) is 12.0 Å². The third-order valence-electron chi connectivity index (χ3n) is 2.19. The summed E-state index contributed by atoms with van der Waals surface area (Å²) in [5.41, 5.74) is 0.572. The lowest BCUT2D eigenvalue weighted by molar-refractivity contribution is 0.0971. The quantitative estimate of drug-likeness (QED) is 0.842. The predicted molar refractivity (Wildman–Crippen MR) is 57.0 cm³/mol. The minimum Gasteiger partial charge on any atom is -0.504 e. The Morgan fingerprint density at radius 3 is 2.69 bits per heavy atom. The van der Waals surface area contributed by atoms with Crippen molar-refractivity contribution in [3.8, 4) is 11.5 Å². The van der Waals surface area contributed by atoms with Crippen molar-refractivity contribution in [1.82, 2.24) is 4.90 Å². The summed E-state index contributed by atoms with van der Waals surface area (Å²) in [5, 5.41) is 9.73. The number of nitrogens with zero attached hydrogens (tertiary/aromatic N) is 1. The Hall–Kier alpha value is -1.36. The van der Waals surface area contributed by atoms with Crippen molar-refractivity contribution in [2.75, 3.05) is 20.7 Å². The molecule has 0 aliphatic carbocycles. The first-order chi connectivity index (χ1) is 7.54. The number of phenolic OH excluding ortho intramolecular Hbond substituents is 1. The fraction of sp³-hybridized carbons (Fsp3) is 0.455. The molecule has 5 heteroatoms. The molecule has 1 aromatic carbocycles. The maximum Gasteiger partial charge on any atom is 0.251 e. The summed E-state index contributed by atoms with van der Waals surface area (Å²) in [4.78, 5) is 1.44. The summed E-state index contributed by atoms with van der Waals surface area (Å²) in [6.45, 7) is -0.0655. The van der Waals surface area contributed by atoms with E-state index in [9.17, 15) is 13.9 Å². The number of hydrogen-bond donors (Lipinski definition) is 1. The molecule has 90 valence electrons. The van der Waals surface area contributed by atoms with Crippen molar-refractivity contribution >= 4 is 0 Å². The Kier molecular flexibility index (Phi) is 4.49. The van der Waals surface area contributed by atoms with E-state index in [1.54, 1.807) is 25.2 Å². The first-order valence-corrected chi connectivity index (χ1v) is 4.86. The fourth-order valence-corrected chi connectivity index (χ4v) is 1.45. The van der Waals surface area contributed by atoms with E-state index in [0.717, 1.165) is 0 Å². The standard InChI is InChI=1S/C11H15F2NO2/c1-14(7-10(12)13)6-8-4-3-5-9(16-2)11(8)15/h3-5,10,15H,6-7H2,1-2H3. The van der Waals surface area contributed by atoms with Crippen molar-refractivity contribution in [2.45, 2.75) is 13.0 Å². The van der Waals surface area contributed by atoms with E-state index >= 15 is 0 Å². The van der Waals surface area contributed by atoms with Gasteiger partial charge in [0.15, 0.2) is 11.5 Å². The van der Waals surface area contributed by atoms with Gasteiger partial charge in [-0.1, -0.05) is 12.1 Å². The number of benzene rings is 1. The highest BCUT2D eigenvalue weighted by molar-refractivity contribution is 5.45. The minimum atomic E-state index is -2.38. The number of aromatic hydroxyl groups is 1. The smallest absolute Gasteiger partial charge is 0.251 e. The molecular formula is C11H15F2NO2. The Morgan fingerprint density at radius 2 is 2.12 bits per heavy atom. The average Bonchev–Trinajstić information content (AvgIpc) is 2.20. The molecule has 1 N–H and O–H groups in total. The molecule has 16 heavy (non-hydrogen) atoms. The van der Waals surface area contributed by atoms with Crippen LogP contribution in [0.4, 0.5) is 8.78 Å². The van der Waals surface area contributed by atoms with Gasteiger partial charge in [-0.3, -0.25) is 4.90 Å². The van der Waals surface area contributed by atoms with E-state index in [-0.39, 0.29) is 18.8 Å².